The summed E-state index contributed by atoms with van der Waals surface area (Å²) < 4.78 is 4.80. The summed E-state index contributed by atoms with van der Waals surface area (Å²) in [6.07, 6.45) is 6.98. The SMILES string of the molecule is C/C=C(\c1ccc(C(=O)OC)cc1)c1cc2c(cc1C)CCC(C)(C)CC2. The molecule has 27 heavy (non-hydrogen) atoms. The first-order valence-corrected chi connectivity index (χ1v) is 9.82. The van der Waals surface area contributed by atoms with Crippen LogP contribution in [0.4, 0.5) is 0 Å². The Morgan fingerprint density at radius 3 is 2.11 bits per heavy atom. The van der Waals surface area contributed by atoms with Gasteiger partial charge in [0.2, 0.25) is 0 Å². The minimum atomic E-state index is -0.299. The third kappa shape index (κ3) is 4.16. The van der Waals surface area contributed by atoms with E-state index in [1.54, 1.807) is 0 Å². The van der Waals surface area contributed by atoms with Crippen LogP contribution in [0.5, 0.6) is 0 Å². The van der Waals surface area contributed by atoms with Crippen LogP contribution >= 0.6 is 0 Å². The maximum absolute atomic E-state index is 11.7. The van der Waals surface area contributed by atoms with E-state index in [-0.39, 0.29) is 5.97 Å². The lowest BCUT2D eigenvalue weighted by Crippen LogP contribution is -2.10. The molecule has 0 atom stereocenters. The Morgan fingerprint density at radius 1 is 1.00 bits per heavy atom. The Balaban J connectivity index is 1.97. The first-order valence-electron chi connectivity index (χ1n) is 9.82. The summed E-state index contributed by atoms with van der Waals surface area (Å²) in [5.74, 6) is -0.299. The third-order valence-electron chi connectivity index (χ3n) is 5.88. The van der Waals surface area contributed by atoms with Crippen molar-refractivity contribution < 1.29 is 9.53 Å². The fraction of sp³-hybridized carbons (Fsp3) is 0.400. The van der Waals surface area contributed by atoms with Gasteiger partial charge in [-0.1, -0.05) is 44.2 Å². The van der Waals surface area contributed by atoms with E-state index in [4.69, 9.17) is 4.74 Å². The van der Waals surface area contributed by atoms with E-state index in [1.165, 1.54) is 54.2 Å². The second kappa shape index (κ2) is 7.72. The molecule has 2 heteroatoms. The predicted octanol–water partition coefficient (Wildman–Crippen LogP) is 6.14. The number of carbonyl (C=O) groups excluding carboxylic acids is 1. The number of esters is 1. The summed E-state index contributed by atoms with van der Waals surface area (Å²) in [6.45, 7) is 9.05. The van der Waals surface area contributed by atoms with Gasteiger partial charge < -0.3 is 4.74 Å². The van der Waals surface area contributed by atoms with E-state index in [2.05, 4.69) is 45.9 Å². The Hall–Kier alpha value is -2.35. The van der Waals surface area contributed by atoms with E-state index < -0.39 is 0 Å². The molecule has 0 radical (unpaired) electrons. The zero-order valence-corrected chi connectivity index (χ0v) is 17.2. The van der Waals surface area contributed by atoms with Crippen molar-refractivity contribution in [1.29, 1.82) is 0 Å². The largest absolute Gasteiger partial charge is 0.465 e. The molecule has 0 fully saturated rings. The molecular weight excluding hydrogens is 332 g/mol. The number of carbonyl (C=O) groups is 1. The molecule has 1 aliphatic carbocycles. The van der Waals surface area contributed by atoms with Gasteiger partial charge in [-0.05, 0) is 90.5 Å². The van der Waals surface area contributed by atoms with E-state index in [9.17, 15) is 4.79 Å². The molecule has 0 heterocycles. The van der Waals surface area contributed by atoms with E-state index in [0.717, 1.165) is 12.0 Å². The number of allylic oxidation sites excluding steroid dienone is 1. The van der Waals surface area contributed by atoms with E-state index in [1.807, 2.05) is 24.3 Å². The lowest BCUT2D eigenvalue weighted by molar-refractivity contribution is 0.0600. The maximum atomic E-state index is 11.7. The summed E-state index contributed by atoms with van der Waals surface area (Å²) >= 11 is 0. The van der Waals surface area contributed by atoms with Gasteiger partial charge >= 0.3 is 5.97 Å². The van der Waals surface area contributed by atoms with Crippen LogP contribution in [0, 0.1) is 12.3 Å². The first kappa shape index (κ1) is 19.4. The number of hydrogen-bond donors (Lipinski definition) is 0. The molecule has 0 aliphatic heterocycles. The number of methoxy groups -OCH3 is 1. The van der Waals surface area contributed by atoms with Crippen LogP contribution < -0.4 is 0 Å². The summed E-state index contributed by atoms with van der Waals surface area (Å²) in [5, 5.41) is 0. The number of rotatable bonds is 3. The first-order chi connectivity index (χ1) is 12.8. The molecule has 2 aromatic rings. The van der Waals surface area contributed by atoms with Crippen LogP contribution in [0.15, 0.2) is 42.5 Å². The molecule has 0 unspecified atom stereocenters. The van der Waals surface area contributed by atoms with Crippen LogP contribution in [0.2, 0.25) is 0 Å². The van der Waals surface area contributed by atoms with Crippen molar-refractivity contribution in [3.63, 3.8) is 0 Å². The average Bonchev–Trinajstić information content (AvgIpc) is 2.81. The van der Waals surface area contributed by atoms with Crippen molar-refractivity contribution >= 4 is 11.5 Å². The van der Waals surface area contributed by atoms with Crippen molar-refractivity contribution in [2.45, 2.75) is 53.4 Å². The Labute approximate surface area is 163 Å². The normalized spacial score (nSPS) is 16.4. The molecule has 3 rings (SSSR count). The molecule has 1 aliphatic rings. The minimum Gasteiger partial charge on any atom is -0.465 e. The number of ether oxygens (including phenoxy) is 1. The van der Waals surface area contributed by atoms with Gasteiger partial charge in [0.15, 0.2) is 0 Å². The van der Waals surface area contributed by atoms with Crippen LogP contribution in [-0.4, -0.2) is 13.1 Å². The molecule has 142 valence electrons. The summed E-state index contributed by atoms with van der Waals surface area (Å²) in [5.41, 5.74) is 8.96. The maximum Gasteiger partial charge on any atom is 0.337 e. The standard InChI is InChI=1S/C25H30O2/c1-6-22(18-7-9-19(10-8-18)24(26)27-5)23-16-21-12-14-25(3,4)13-11-20(21)15-17(23)2/h6-10,15-16H,11-14H2,1-5H3/b22-6+. The molecule has 0 saturated carbocycles. The Bertz CT molecular complexity index is 870. The van der Waals surface area contributed by atoms with Crippen molar-refractivity contribution in [1.82, 2.24) is 0 Å². The highest BCUT2D eigenvalue weighted by atomic mass is 16.5. The van der Waals surface area contributed by atoms with Crippen LogP contribution in [0.25, 0.3) is 5.57 Å². The van der Waals surface area contributed by atoms with Crippen molar-refractivity contribution in [2.24, 2.45) is 5.41 Å². The Kier molecular flexibility index (Phi) is 5.55. The average molecular weight is 363 g/mol. The van der Waals surface area contributed by atoms with Crippen molar-refractivity contribution in [3.05, 3.63) is 75.9 Å². The van der Waals surface area contributed by atoms with Gasteiger partial charge in [0.25, 0.3) is 0 Å². The third-order valence-corrected chi connectivity index (χ3v) is 5.88. The van der Waals surface area contributed by atoms with Crippen molar-refractivity contribution in [3.8, 4) is 0 Å². The summed E-state index contributed by atoms with van der Waals surface area (Å²) in [6, 6.07) is 12.5. The second-order valence-electron chi connectivity index (χ2n) is 8.37. The number of aryl methyl sites for hydroxylation is 3. The highest BCUT2D eigenvalue weighted by molar-refractivity contribution is 5.90. The van der Waals surface area contributed by atoms with E-state index in [0.29, 0.717) is 11.0 Å². The molecule has 2 aromatic carbocycles. The van der Waals surface area contributed by atoms with Gasteiger partial charge in [-0.25, -0.2) is 4.79 Å². The smallest absolute Gasteiger partial charge is 0.337 e. The zero-order chi connectivity index (χ0) is 19.6. The molecule has 0 saturated heterocycles. The molecule has 0 aromatic heterocycles. The van der Waals surface area contributed by atoms with Crippen LogP contribution in [0.3, 0.4) is 0 Å². The molecule has 0 N–H and O–H groups in total. The molecule has 0 spiro atoms. The molecule has 0 amide bonds. The zero-order valence-electron chi connectivity index (χ0n) is 17.2. The quantitative estimate of drug-likeness (QED) is 0.484. The minimum absolute atomic E-state index is 0.299. The van der Waals surface area contributed by atoms with Crippen molar-refractivity contribution in [2.75, 3.05) is 7.11 Å². The lowest BCUT2D eigenvalue weighted by Gasteiger charge is -2.21. The monoisotopic (exact) mass is 362 g/mol. The van der Waals surface area contributed by atoms with Gasteiger partial charge in [-0.15, -0.1) is 0 Å². The fourth-order valence-corrected chi connectivity index (χ4v) is 4.02. The Morgan fingerprint density at radius 2 is 1.56 bits per heavy atom. The predicted molar refractivity (Wildman–Crippen MR) is 112 cm³/mol. The second-order valence-corrected chi connectivity index (χ2v) is 8.37. The molecule has 2 nitrogen and oxygen atoms in total. The topological polar surface area (TPSA) is 26.3 Å². The van der Waals surface area contributed by atoms with Gasteiger partial charge in [-0.2, -0.15) is 0 Å². The van der Waals surface area contributed by atoms with Gasteiger partial charge in [0.05, 0.1) is 12.7 Å². The molecular formula is C25H30O2. The number of hydrogen-bond acceptors (Lipinski definition) is 2. The fourth-order valence-electron chi connectivity index (χ4n) is 4.02. The highest BCUT2D eigenvalue weighted by Gasteiger charge is 2.23. The van der Waals surface area contributed by atoms with Gasteiger partial charge in [-0.3, -0.25) is 0 Å². The van der Waals surface area contributed by atoms with Gasteiger partial charge in [0.1, 0.15) is 0 Å². The number of benzene rings is 2. The van der Waals surface area contributed by atoms with Gasteiger partial charge in [0, 0.05) is 0 Å². The molecule has 0 bridgehead atoms. The summed E-state index contributed by atoms with van der Waals surface area (Å²) in [7, 11) is 1.41. The number of fused-ring (bicyclic) bond motifs is 1. The summed E-state index contributed by atoms with van der Waals surface area (Å²) in [4.78, 5) is 11.7. The van der Waals surface area contributed by atoms with E-state index >= 15 is 0 Å². The van der Waals surface area contributed by atoms with Crippen LogP contribution in [0.1, 0.15) is 71.8 Å². The van der Waals surface area contributed by atoms with Crippen LogP contribution in [-0.2, 0) is 17.6 Å². The highest BCUT2D eigenvalue weighted by Crippen LogP contribution is 2.36. The lowest BCUT2D eigenvalue weighted by atomic mass is 9.85.